The maximum absolute atomic E-state index is 12.0. The van der Waals surface area contributed by atoms with Crippen LogP contribution in [-0.2, 0) is 4.79 Å². The number of likely N-dealkylation sites (N-methyl/N-ethyl adjacent to an activating group) is 1. The van der Waals surface area contributed by atoms with Crippen LogP contribution in [0.15, 0.2) is 0 Å². The number of nitrogens with one attached hydrogen (secondary N) is 2. The van der Waals surface area contributed by atoms with Gasteiger partial charge in [-0.05, 0) is 59.7 Å². The number of hydrogen-bond donors (Lipinski definition) is 2. The highest BCUT2D eigenvalue weighted by Gasteiger charge is 2.22. The van der Waals surface area contributed by atoms with Gasteiger partial charge in [-0.1, -0.05) is 6.92 Å². The molecule has 4 nitrogen and oxygen atoms in total. The normalized spacial score (nSPS) is 21.7. The Balaban J connectivity index is 2.38. The molecule has 1 aliphatic rings. The molecule has 0 aromatic carbocycles. The van der Waals surface area contributed by atoms with Crippen molar-refractivity contribution in [3.63, 3.8) is 0 Å². The van der Waals surface area contributed by atoms with Gasteiger partial charge in [-0.25, -0.2) is 0 Å². The molecule has 1 unspecified atom stereocenters. The van der Waals surface area contributed by atoms with Crippen LogP contribution in [0, 0.1) is 0 Å². The van der Waals surface area contributed by atoms with Crippen LogP contribution in [0.3, 0.4) is 0 Å². The van der Waals surface area contributed by atoms with Gasteiger partial charge in [0.25, 0.3) is 0 Å². The Morgan fingerprint density at radius 2 is 2.11 bits per heavy atom. The molecule has 0 spiro atoms. The van der Waals surface area contributed by atoms with Gasteiger partial charge < -0.3 is 10.6 Å². The second-order valence-electron chi connectivity index (χ2n) is 6.04. The fraction of sp³-hybridized carbons (Fsp3) is 0.929. The Morgan fingerprint density at radius 1 is 1.39 bits per heavy atom. The summed E-state index contributed by atoms with van der Waals surface area (Å²) in [6.07, 6.45) is 4.49. The molecule has 18 heavy (non-hydrogen) atoms. The zero-order valence-corrected chi connectivity index (χ0v) is 12.4. The molecule has 1 amide bonds. The highest BCUT2D eigenvalue weighted by Crippen LogP contribution is 2.12. The maximum atomic E-state index is 12.0. The molecule has 0 radical (unpaired) electrons. The van der Waals surface area contributed by atoms with Gasteiger partial charge in [0.05, 0.1) is 6.54 Å². The molecule has 0 saturated carbocycles. The molecular formula is C14H29N3O. The Morgan fingerprint density at radius 3 is 2.78 bits per heavy atom. The van der Waals surface area contributed by atoms with E-state index in [2.05, 4.69) is 43.4 Å². The molecule has 1 aliphatic heterocycles. The topological polar surface area (TPSA) is 44.4 Å². The Bertz CT molecular complexity index is 258. The van der Waals surface area contributed by atoms with Crippen molar-refractivity contribution in [2.45, 2.75) is 58.0 Å². The zero-order valence-electron chi connectivity index (χ0n) is 12.4. The van der Waals surface area contributed by atoms with Crippen molar-refractivity contribution in [1.82, 2.24) is 15.5 Å². The van der Waals surface area contributed by atoms with Gasteiger partial charge in [0.15, 0.2) is 0 Å². The third-order valence-corrected chi connectivity index (χ3v) is 3.92. The lowest BCUT2D eigenvalue weighted by Gasteiger charge is -2.29. The van der Waals surface area contributed by atoms with E-state index in [1.54, 1.807) is 0 Å². The fourth-order valence-corrected chi connectivity index (χ4v) is 2.30. The average Bonchev–Trinajstić information content (AvgIpc) is 2.56. The summed E-state index contributed by atoms with van der Waals surface area (Å²) >= 11 is 0. The zero-order chi connectivity index (χ0) is 13.6. The van der Waals surface area contributed by atoms with Crippen molar-refractivity contribution in [2.24, 2.45) is 0 Å². The monoisotopic (exact) mass is 255 g/mol. The van der Waals surface area contributed by atoms with E-state index < -0.39 is 0 Å². The molecule has 0 bridgehead atoms. The molecule has 1 rings (SSSR count). The summed E-state index contributed by atoms with van der Waals surface area (Å²) in [7, 11) is 2.06. The molecule has 1 atom stereocenters. The SMILES string of the molecule is CCC(C)(C)NC(=O)CN(C)C1CCCNCC1. The molecule has 0 aromatic rings. The number of carbonyl (C=O) groups is 1. The molecule has 4 heteroatoms. The van der Waals surface area contributed by atoms with E-state index in [0.717, 1.165) is 25.9 Å². The molecular weight excluding hydrogens is 226 g/mol. The van der Waals surface area contributed by atoms with Crippen LogP contribution in [0.25, 0.3) is 0 Å². The van der Waals surface area contributed by atoms with E-state index in [1.165, 1.54) is 12.8 Å². The van der Waals surface area contributed by atoms with Crippen LogP contribution in [-0.4, -0.2) is 49.1 Å². The smallest absolute Gasteiger partial charge is 0.234 e. The predicted octanol–water partition coefficient (Wildman–Crippen LogP) is 1.37. The minimum atomic E-state index is -0.0943. The minimum absolute atomic E-state index is 0.0943. The van der Waals surface area contributed by atoms with E-state index in [0.29, 0.717) is 12.6 Å². The van der Waals surface area contributed by atoms with Crippen molar-refractivity contribution in [2.75, 3.05) is 26.7 Å². The Hall–Kier alpha value is -0.610. The van der Waals surface area contributed by atoms with Crippen molar-refractivity contribution >= 4 is 5.91 Å². The first-order chi connectivity index (χ1) is 8.44. The molecule has 1 fully saturated rings. The summed E-state index contributed by atoms with van der Waals surface area (Å²) in [5, 5.41) is 6.50. The maximum Gasteiger partial charge on any atom is 0.234 e. The van der Waals surface area contributed by atoms with Crippen molar-refractivity contribution in [3.8, 4) is 0 Å². The number of amides is 1. The van der Waals surface area contributed by atoms with Crippen molar-refractivity contribution in [1.29, 1.82) is 0 Å². The van der Waals surface area contributed by atoms with E-state index in [-0.39, 0.29) is 11.4 Å². The van der Waals surface area contributed by atoms with Crippen LogP contribution in [0.2, 0.25) is 0 Å². The Kier molecular flexibility index (Phi) is 6.09. The summed E-state index contributed by atoms with van der Waals surface area (Å²) in [6, 6.07) is 0.537. The van der Waals surface area contributed by atoms with Gasteiger partial charge in [0.1, 0.15) is 0 Å². The van der Waals surface area contributed by atoms with Crippen LogP contribution < -0.4 is 10.6 Å². The van der Waals surface area contributed by atoms with Gasteiger partial charge in [0, 0.05) is 11.6 Å². The molecule has 1 heterocycles. The van der Waals surface area contributed by atoms with Gasteiger partial charge in [-0.15, -0.1) is 0 Å². The predicted molar refractivity (Wildman–Crippen MR) is 75.7 cm³/mol. The summed E-state index contributed by atoms with van der Waals surface area (Å²) in [5.41, 5.74) is -0.0943. The number of hydrogen-bond acceptors (Lipinski definition) is 3. The van der Waals surface area contributed by atoms with Crippen LogP contribution >= 0.6 is 0 Å². The standard InChI is InChI=1S/C14H29N3O/c1-5-14(2,3)16-13(18)11-17(4)12-7-6-9-15-10-8-12/h12,15H,5-11H2,1-4H3,(H,16,18). The van der Waals surface area contributed by atoms with Crippen molar-refractivity contribution < 1.29 is 4.79 Å². The third-order valence-electron chi connectivity index (χ3n) is 3.92. The molecule has 0 aliphatic carbocycles. The lowest BCUT2D eigenvalue weighted by molar-refractivity contribution is -0.124. The summed E-state index contributed by atoms with van der Waals surface area (Å²) < 4.78 is 0. The van der Waals surface area contributed by atoms with Gasteiger partial charge >= 0.3 is 0 Å². The molecule has 1 saturated heterocycles. The lowest BCUT2D eigenvalue weighted by Crippen LogP contribution is -2.48. The first-order valence-corrected chi connectivity index (χ1v) is 7.16. The number of carbonyl (C=O) groups excluding carboxylic acids is 1. The highest BCUT2D eigenvalue weighted by molar-refractivity contribution is 5.78. The molecule has 0 aromatic heterocycles. The van der Waals surface area contributed by atoms with E-state index >= 15 is 0 Å². The number of nitrogens with zero attached hydrogens (tertiary/aromatic N) is 1. The van der Waals surface area contributed by atoms with Crippen LogP contribution in [0.5, 0.6) is 0 Å². The Labute approximate surface area is 111 Å². The highest BCUT2D eigenvalue weighted by atomic mass is 16.2. The minimum Gasteiger partial charge on any atom is -0.350 e. The van der Waals surface area contributed by atoms with Crippen LogP contribution in [0.4, 0.5) is 0 Å². The van der Waals surface area contributed by atoms with E-state index in [4.69, 9.17) is 0 Å². The number of rotatable bonds is 5. The van der Waals surface area contributed by atoms with Crippen LogP contribution in [0.1, 0.15) is 46.5 Å². The summed E-state index contributed by atoms with van der Waals surface area (Å²) in [6.45, 7) is 8.92. The molecule has 2 N–H and O–H groups in total. The van der Waals surface area contributed by atoms with E-state index in [9.17, 15) is 4.79 Å². The third kappa shape index (κ3) is 5.36. The van der Waals surface area contributed by atoms with Crippen molar-refractivity contribution in [3.05, 3.63) is 0 Å². The first kappa shape index (κ1) is 15.4. The van der Waals surface area contributed by atoms with E-state index in [1.807, 2.05) is 0 Å². The quantitative estimate of drug-likeness (QED) is 0.780. The first-order valence-electron chi connectivity index (χ1n) is 7.16. The average molecular weight is 255 g/mol. The van der Waals surface area contributed by atoms with Gasteiger partial charge in [0.2, 0.25) is 5.91 Å². The second kappa shape index (κ2) is 7.10. The lowest BCUT2D eigenvalue weighted by atomic mass is 10.0. The summed E-state index contributed by atoms with van der Waals surface area (Å²) in [5.74, 6) is 0.140. The fourth-order valence-electron chi connectivity index (χ4n) is 2.30. The second-order valence-corrected chi connectivity index (χ2v) is 6.04. The van der Waals surface area contributed by atoms with Gasteiger partial charge in [-0.2, -0.15) is 0 Å². The van der Waals surface area contributed by atoms with Gasteiger partial charge in [-0.3, -0.25) is 9.69 Å². The summed E-state index contributed by atoms with van der Waals surface area (Å²) in [4.78, 5) is 14.2. The molecule has 106 valence electrons. The largest absolute Gasteiger partial charge is 0.350 e.